The van der Waals surface area contributed by atoms with E-state index >= 15 is 0 Å². The quantitative estimate of drug-likeness (QED) is 0.508. The maximum atomic E-state index is 12.8. The Morgan fingerprint density at radius 2 is 1.73 bits per heavy atom. The molecule has 0 saturated heterocycles. The molecule has 5 nitrogen and oxygen atoms in total. The molecule has 6 heteroatoms. The predicted octanol–water partition coefficient (Wildman–Crippen LogP) is 5.37. The number of carbonyl (C=O) groups excluding carboxylic acids is 2. The molecule has 2 amide bonds. The van der Waals surface area contributed by atoms with Gasteiger partial charge in [0.25, 0.3) is 11.8 Å². The van der Waals surface area contributed by atoms with E-state index < -0.39 is 0 Å². The maximum Gasteiger partial charge on any atom is 0.255 e. The van der Waals surface area contributed by atoms with Crippen molar-refractivity contribution in [3.05, 3.63) is 94.0 Å². The van der Waals surface area contributed by atoms with Crippen LogP contribution in [0.1, 0.15) is 33.2 Å². The van der Waals surface area contributed by atoms with E-state index in [0.29, 0.717) is 40.2 Å². The molecule has 0 aliphatic heterocycles. The van der Waals surface area contributed by atoms with Crippen molar-refractivity contribution in [1.29, 1.82) is 0 Å². The summed E-state index contributed by atoms with van der Waals surface area (Å²) < 4.78 is 6.19. The van der Waals surface area contributed by atoms with Crippen LogP contribution in [0.2, 0.25) is 0 Å². The molecule has 3 rings (SSSR count). The molecule has 0 aliphatic rings. The number of hydrogen-bond donors (Lipinski definition) is 1. The number of nitrogens with zero attached hydrogens (tertiary/aromatic N) is 1. The fourth-order valence-corrected chi connectivity index (χ4v) is 3.49. The fraction of sp³-hybridized carbons (Fsp3) is 0.167. The normalized spacial score (nSPS) is 10.4. The van der Waals surface area contributed by atoms with Crippen LogP contribution in [0.5, 0.6) is 5.75 Å². The number of hydrogen-bond acceptors (Lipinski definition) is 3. The summed E-state index contributed by atoms with van der Waals surface area (Å²) in [5.74, 6) is 0.308. The molecule has 1 N–H and O–H groups in total. The van der Waals surface area contributed by atoms with E-state index in [-0.39, 0.29) is 11.8 Å². The van der Waals surface area contributed by atoms with Gasteiger partial charge in [0.1, 0.15) is 5.75 Å². The van der Waals surface area contributed by atoms with Crippen LogP contribution in [0.4, 0.5) is 5.69 Å². The summed E-state index contributed by atoms with van der Waals surface area (Å²) in [4.78, 5) is 27.1. The van der Waals surface area contributed by atoms with E-state index in [9.17, 15) is 9.59 Å². The highest BCUT2D eigenvalue weighted by molar-refractivity contribution is 9.10. The summed E-state index contributed by atoms with van der Waals surface area (Å²) in [5.41, 5.74) is 2.62. The smallest absolute Gasteiger partial charge is 0.255 e. The van der Waals surface area contributed by atoms with E-state index in [1.165, 1.54) is 0 Å². The Hall–Kier alpha value is -3.12. The van der Waals surface area contributed by atoms with Gasteiger partial charge in [-0.3, -0.25) is 9.59 Å². The molecule has 0 saturated carbocycles. The molecule has 0 bridgehead atoms. The van der Waals surface area contributed by atoms with Crippen molar-refractivity contribution in [3.8, 4) is 5.75 Å². The highest BCUT2D eigenvalue weighted by atomic mass is 79.9. The Labute approximate surface area is 184 Å². The first-order valence-corrected chi connectivity index (χ1v) is 10.4. The highest BCUT2D eigenvalue weighted by Crippen LogP contribution is 2.26. The summed E-state index contributed by atoms with van der Waals surface area (Å²) in [6.07, 6.45) is 0. The largest absolute Gasteiger partial charge is 0.493 e. The number of halogens is 1. The molecule has 0 heterocycles. The minimum Gasteiger partial charge on any atom is -0.493 e. The zero-order chi connectivity index (χ0) is 21.5. The summed E-state index contributed by atoms with van der Waals surface area (Å²) >= 11 is 3.42. The number of anilines is 1. The Kier molecular flexibility index (Phi) is 7.25. The van der Waals surface area contributed by atoms with Crippen LogP contribution in [-0.2, 0) is 6.54 Å². The Balaban J connectivity index is 1.69. The van der Waals surface area contributed by atoms with Crippen molar-refractivity contribution >= 4 is 33.4 Å². The van der Waals surface area contributed by atoms with Crippen molar-refractivity contribution in [1.82, 2.24) is 4.90 Å². The number of nitrogens with one attached hydrogen (secondary N) is 1. The van der Waals surface area contributed by atoms with Crippen LogP contribution < -0.4 is 10.1 Å². The summed E-state index contributed by atoms with van der Waals surface area (Å²) in [6, 6.07) is 21.9. The molecule has 0 aromatic heterocycles. The first kappa shape index (κ1) is 21.6. The highest BCUT2D eigenvalue weighted by Gasteiger charge is 2.14. The van der Waals surface area contributed by atoms with Gasteiger partial charge in [-0.25, -0.2) is 0 Å². The number of rotatable bonds is 7. The van der Waals surface area contributed by atoms with Crippen molar-refractivity contribution in [2.45, 2.75) is 13.5 Å². The SMILES string of the molecule is CCOc1ccc(C(=O)Nc2cccc(C(=O)N(C)Cc3ccccc3)c2)cc1Br. The van der Waals surface area contributed by atoms with Gasteiger partial charge in [0.05, 0.1) is 11.1 Å². The van der Waals surface area contributed by atoms with Crippen LogP contribution in [0.15, 0.2) is 77.3 Å². The molecule has 0 radical (unpaired) electrons. The molecular weight excluding hydrogens is 444 g/mol. The first-order chi connectivity index (χ1) is 14.5. The molecule has 154 valence electrons. The topological polar surface area (TPSA) is 58.6 Å². The second-order valence-electron chi connectivity index (χ2n) is 6.76. The maximum absolute atomic E-state index is 12.8. The van der Waals surface area contributed by atoms with Crippen LogP contribution in [0, 0.1) is 0 Å². The lowest BCUT2D eigenvalue weighted by Gasteiger charge is -2.18. The number of amides is 2. The molecule has 30 heavy (non-hydrogen) atoms. The molecule has 0 atom stereocenters. The molecule has 3 aromatic carbocycles. The van der Waals surface area contributed by atoms with Crippen molar-refractivity contribution in [3.63, 3.8) is 0 Å². The van der Waals surface area contributed by atoms with E-state index in [0.717, 1.165) is 5.56 Å². The number of carbonyl (C=O) groups is 2. The van der Waals surface area contributed by atoms with Crippen LogP contribution >= 0.6 is 15.9 Å². The Bertz CT molecular complexity index is 1040. The first-order valence-electron chi connectivity index (χ1n) is 9.61. The van der Waals surface area contributed by atoms with Crippen LogP contribution in [-0.4, -0.2) is 30.4 Å². The van der Waals surface area contributed by atoms with Gasteiger partial charge >= 0.3 is 0 Å². The van der Waals surface area contributed by atoms with Crippen LogP contribution in [0.3, 0.4) is 0 Å². The van der Waals surface area contributed by atoms with Crippen molar-refractivity contribution in [2.24, 2.45) is 0 Å². The van der Waals surface area contributed by atoms with E-state index in [4.69, 9.17) is 4.74 Å². The third-order valence-electron chi connectivity index (χ3n) is 4.47. The minimum atomic E-state index is -0.263. The second-order valence-corrected chi connectivity index (χ2v) is 7.61. The number of benzene rings is 3. The van der Waals surface area contributed by atoms with Crippen molar-refractivity contribution < 1.29 is 14.3 Å². The van der Waals surface area contributed by atoms with Gasteiger partial charge in [-0.1, -0.05) is 36.4 Å². The predicted molar refractivity (Wildman–Crippen MR) is 122 cm³/mol. The second kappa shape index (κ2) is 10.1. The average molecular weight is 467 g/mol. The Morgan fingerprint density at radius 3 is 2.43 bits per heavy atom. The van der Waals surface area contributed by atoms with Crippen molar-refractivity contribution in [2.75, 3.05) is 19.0 Å². The minimum absolute atomic E-state index is 0.112. The van der Waals surface area contributed by atoms with Gasteiger partial charge in [0.2, 0.25) is 0 Å². The lowest BCUT2D eigenvalue weighted by atomic mass is 10.1. The molecule has 0 spiro atoms. The van der Waals surface area contributed by atoms with Crippen LogP contribution in [0.25, 0.3) is 0 Å². The third-order valence-corrected chi connectivity index (χ3v) is 5.09. The number of ether oxygens (including phenoxy) is 1. The van der Waals surface area contributed by atoms with Gasteiger partial charge < -0.3 is 15.0 Å². The van der Waals surface area contributed by atoms with E-state index in [1.54, 1.807) is 54.4 Å². The zero-order valence-electron chi connectivity index (χ0n) is 16.9. The monoisotopic (exact) mass is 466 g/mol. The average Bonchev–Trinajstić information content (AvgIpc) is 2.75. The molecule has 0 unspecified atom stereocenters. The van der Waals surface area contributed by atoms with Gasteiger partial charge in [-0.2, -0.15) is 0 Å². The molecular formula is C24H23BrN2O3. The Morgan fingerprint density at radius 1 is 0.967 bits per heavy atom. The summed E-state index contributed by atoms with van der Waals surface area (Å²) in [6.45, 7) is 2.96. The van der Waals surface area contributed by atoms with E-state index in [1.807, 2.05) is 37.3 Å². The van der Waals surface area contributed by atoms with E-state index in [2.05, 4.69) is 21.2 Å². The van der Waals surface area contributed by atoms with Gasteiger partial charge in [-0.05, 0) is 64.8 Å². The molecule has 0 fully saturated rings. The lowest BCUT2D eigenvalue weighted by molar-refractivity contribution is 0.0784. The molecule has 3 aromatic rings. The van der Waals surface area contributed by atoms with Gasteiger partial charge in [0.15, 0.2) is 0 Å². The summed E-state index contributed by atoms with van der Waals surface area (Å²) in [5, 5.41) is 2.85. The summed E-state index contributed by atoms with van der Waals surface area (Å²) in [7, 11) is 1.76. The zero-order valence-corrected chi connectivity index (χ0v) is 18.5. The van der Waals surface area contributed by atoms with Gasteiger partial charge in [0, 0.05) is 30.4 Å². The lowest BCUT2D eigenvalue weighted by Crippen LogP contribution is -2.26. The standard InChI is InChI=1S/C24H23BrN2O3/c1-3-30-22-13-12-18(15-21(22)25)23(28)26-20-11-7-10-19(14-20)24(29)27(2)16-17-8-5-4-6-9-17/h4-15H,3,16H2,1-2H3,(H,26,28). The van der Waals surface area contributed by atoms with Gasteiger partial charge in [-0.15, -0.1) is 0 Å². The third kappa shape index (κ3) is 5.48. The molecule has 0 aliphatic carbocycles. The fourth-order valence-electron chi connectivity index (χ4n) is 3.00.